The summed E-state index contributed by atoms with van der Waals surface area (Å²) < 4.78 is 18.6. The topological polar surface area (TPSA) is 35.2 Å². The number of rotatable bonds is 3. The number of ether oxygens (including phenoxy) is 1. The maximum Gasteiger partial charge on any atom is 0.146 e. The van der Waals surface area contributed by atoms with Crippen LogP contribution in [0.1, 0.15) is 13.3 Å². The van der Waals surface area contributed by atoms with Crippen LogP contribution in [0, 0.1) is 5.82 Å². The maximum atomic E-state index is 12.9. The molecule has 13 heavy (non-hydrogen) atoms. The summed E-state index contributed by atoms with van der Waals surface area (Å²) >= 11 is 3.14. The normalized spacial score (nSPS) is 10.1. The summed E-state index contributed by atoms with van der Waals surface area (Å²) in [6.45, 7) is 2.52. The predicted molar refractivity (Wildman–Crippen MR) is 54.3 cm³/mol. The monoisotopic (exact) mass is 247 g/mol. The van der Waals surface area contributed by atoms with Crippen LogP contribution in [0.5, 0.6) is 5.75 Å². The Morgan fingerprint density at radius 3 is 2.85 bits per heavy atom. The minimum absolute atomic E-state index is 0.354. The molecular weight excluding hydrogens is 237 g/mol. The van der Waals surface area contributed by atoms with Gasteiger partial charge in [0.25, 0.3) is 0 Å². The van der Waals surface area contributed by atoms with Crippen LogP contribution >= 0.6 is 15.9 Å². The number of hydrogen-bond donors (Lipinski definition) is 1. The Bertz CT molecular complexity index is 304. The molecule has 0 fully saturated rings. The lowest BCUT2D eigenvalue weighted by atomic mass is 10.3. The van der Waals surface area contributed by atoms with E-state index in [0.29, 0.717) is 22.5 Å². The molecule has 0 aromatic heterocycles. The second-order valence-electron chi connectivity index (χ2n) is 2.65. The molecule has 2 nitrogen and oxygen atoms in total. The van der Waals surface area contributed by atoms with Crippen molar-refractivity contribution in [1.29, 1.82) is 0 Å². The Hall–Kier alpha value is -0.770. The van der Waals surface area contributed by atoms with Crippen molar-refractivity contribution in [2.45, 2.75) is 13.3 Å². The van der Waals surface area contributed by atoms with Crippen LogP contribution in [0.2, 0.25) is 0 Å². The number of anilines is 1. The lowest BCUT2D eigenvalue weighted by molar-refractivity contribution is 0.317. The first-order chi connectivity index (χ1) is 6.15. The highest BCUT2D eigenvalue weighted by molar-refractivity contribution is 9.10. The van der Waals surface area contributed by atoms with E-state index in [2.05, 4.69) is 15.9 Å². The molecule has 4 heteroatoms. The number of nitrogens with two attached hydrogens (primary N) is 1. The van der Waals surface area contributed by atoms with E-state index in [1.54, 1.807) is 0 Å². The zero-order valence-corrected chi connectivity index (χ0v) is 8.90. The summed E-state index contributed by atoms with van der Waals surface area (Å²) in [5, 5.41) is 0. The summed E-state index contributed by atoms with van der Waals surface area (Å²) in [5.74, 6) is 0.0425. The summed E-state index contributed by atoms with van der Waals surface area (Å²) in [6, 6.07) is 2.60. The van der Waals surface area contributed by atoms with E-state index in [9.17, 15) is 4.39 Å². The molecule has 0 saturated carbocycles. The molecule has 0 atom stereocenters. The van der Waals surface area contributed by atoms with Crippen molar-refractivity contribution in [3.8, 4) is 5.75 Å². The molecule has 0 unspecified atom stereocenters. The maximum absolute atomic E-state index is 12.9. The Balaban J connectivity index is 2.92. The Kier molecular flexibility index (Phi) is 3.54. The molecular formula is C9H11BrFNO. The lowest BCUT2D eigenvalue weighted by Crippen LogP contribution is -2.00. The minimum Gasteiger partial charge on any atom is -0.491 e. The van der Waals surface area contributed by atoms with Gasteiger partial charge in [0.1, 0.15) is 11.6 Å². The van der Waals surface area contributed by atoms with Crippen molar-refractivity contribution in [2.24, 2.45) is 0 Å². The first-order valence-electron chi connectivity index (χ1n) is 4.02. The molecule has 0 aliphatic carbocycles. The number of benzene rings is 1. The van der Waals surface area contributed by atoms with Crippen LogP contribution in [0.25, 0.3) is 0 Å². The molecule has 0 aliphatic heterocycles. The van der Waals surface area contributed by atoms with Gasteiger partial charge in [-0.3, -0.25) is 0 Å². The summed E-state index contributed by atoms with van der Waals surface area (Å²) in [5.41, 5.74) is 6.09. The van der Waals surface area contributed by atoms with E-state index in [1.807, 2.05) is 6.92 Å². The molecule has 0 heterocycles. The first-order valence-corrected chi connectivity index (χ1v) is 4.81. The average molecular weight is 248 g/mol. The Morgan fingerprint density at radius 2 is 2.23 bits per heavy atom. The SMILES string of the molecule is CCCOc1cc(F)cc(Br)c1N. The fourth-order valence-electron chi connectivity index (χ4n) is 0.893. The van der Waals surface area contributed by atoms with E-state index >= 15 is 0 Å². The second-order valence-corrected chi connectivity index (χ2v) is 3.50. The van der Waals surface area contributed by atoms with Gasteiger partial charge in [-0.1, -0.05) is 6.92 Å². The Morgan fingerprint density at radius 1 is 1.54 bits per heavy atom. The highest BCUT2D eigenvalue weighted by atomic mass is 79.9. The van der Waals surface area contributed by atoms with Crippen molar-refractivity contribution >= 4 is 21.6 Å². The van der Waals surface area contributed by atoms with Crippen molar-refractivity contribution in [1.82, 2.24) is 0 Å². The van der Waals surface area contributed by atoms with Gasteiger partial charge < -0.3 is 10.5 Å². The van der Waals surface area contributed by atoms with Crippen molar-refractivity contribution in [3.63, 3.8) is 0 Å². The standard InChI is InChI=1S/C9H11BrFNO/c1-2-3-13-8-5-6(11)4-7(10)9(8)12/h4-5H,2-3,12H2,1H3. The van der Waals surface area contributed by atoms with Gasteiger partial charge in [-0.15, -0.1) is 0 Å². The molecule has 0 spiro atoms. The van der Waals surface area contributed by atoms with Crippen LogP contribution in [0.15, 0.2) is 16.6 Å². The predicted octanol–water partition coefficient (Wildman–Crippen LogP) is 2.96. The van der Waals surface area contributed by atoms with Gasteiger partial charge in [0.05, 0.1) is 12.3 Å². The molecule has 72 valence electrons. The molecule has 0 amide bonds. The molecule has 1 rings (SSSR count). The summed E-state index contributed by atoms with van der Waals surface area (Å²) in [7, 11) is 0. The third-order valence-electron chi connectivity index (χ3n) is 1.52. The zero-order chi connectivity index (χ0) is 9.84. The second kappa shape index (κ2) is 4.46. The van der Waals surface area contributed by atoms with Gasteiger partial charge in [-0.2, -0.15) is 0 Å². The average Bonchev–Trinajstić information content (AvgIpc) is 2.09. The fourth-order valence-corrected chi connectivity index (χ4v) is 1.31. The zero-order valence-electron chi connectivity index (χ0n) is 7.31. The van der Waals surface area contributed by atoms with E-state index in [4.69, 9.17) is 10.5 Å². The Labute approximate surface area is 85.0 Å². The summed E-state index contributed by atoms with van der Waals surface area (Å²) in [6.07, 6.45) is 0.869. The first kappa shape index (κ1) is 10.3. The third kappa shape index (κ3) is 2.59. The van der Waals surface area contributed by atoms with Crippen molar-refractivity contribution in [2.75, 3.05) is 12.3 Å². The lowest BCUT2D eigenvalue weighted by Gasteiger charge is -2.08. The van der Waals surface area contributed by atoms with E-state index in [0.717, 1.165) is 6.42 Å². The smallest absolute Gasteiger partial charge is 0.146 e. The largest absolute Gasteiger partial charge is 0.491 e. The van der Waals surface area contributed by atoms with Crippen molar-refractivity contribution < 1.29 is 9.13 Å². The number of nitrogen functional groups attached to an aromatic ring is 1. The van der Waals surface area contributed by atoms with Crippen LogP contribution in [-0.2, 0) is 0 Å². The van der Waals surface area contributed by atoms with Gasteiger partial charge in [0.2, 0.25) is 0 Å². The fraction of sp³-hybridized carbons (Fsp3) is 0.333. The van der Waals surface area contributed by atoms with Crippen molar-refractivity contribution in [3.05, 3.63) is 22.4 Å². The molecule has 1 aromatic carbocycles. The molecule has 1 aromatic rings. The minimum atomic E-state index is -0.354. The molecule has 0 saturated heterocycles. The van der Waals surface area contributed by atoms with E-state index in [-0.39, 0.29) is 5.82 Å². The molecule has 0 radical (unpaired) electrons. The van der Waals surface area contributed by atoms with E-state index in [1.165, 1.54) is 12.1 Å². The molecule has 0 bridgehead atoms. The number of hydrogen-bond acceptors (Lipinski definition) is 2. The molecule has 2 N–H and O–H groups in total. The van der Waals surface area contributed by atoms with Crippen LogP contribution < -0.4 is 10.5 Å². The summed E-state index contributed by atoms with van der Waals surface area (Å²) in [4.78, 5) is 0. The highest BCUT2D eigenvalue weighted by Gasteiger charge is 2.06. The quantitative estimate of drug-likeness (QED) is 0.834. The van der Waals surface area contributed by atoms with Gasteiger partial charge in [-0.25, -0.2) is 4.39 Å². The van der Waals surface area contributed by atoms with Crippen LogP contribution in [0.3, 0.4) is 0 Å². The third-order valence-corrected chi connectivity index (χ3v) is 2.17. The van der Waals surface area contributed by atoms with Gasteiger partial charge in [-0.05, 0) is 28.4 Å². The highest BCUT2D eigenvalue weighted by Crippen LogP contribution is 2.30. The van der Waals surface area contributed by atoms with Gasteiger partial charge in [0.15, 0.2) is 0 Å². The molecule has 0 aliphatic rings. The van der Waals surface area contributed by atoms with E-state index < -0.39 is 0 Å². The van der Waals surface area contributed by atoms with Gasteiger partial charge in [0, 0.05) is 10.5 Å². The van der Waals surface area contributed by atoms with Crippen LogP contribution in [0.4, 0.5) is 10.1 Å². The van der Waals surface area contributed by atoms with Crippen LogP contribution in [-0.4, -0.2) is 6.61 Å². The number of halogens is 2. The van der Waals surface area contributed by atoms with Gasteiger partial charge >= 0.3 is 0 Å².